The van der Waals surface area contributed by atoms with Crippen molar-refractivity contribution >= 4 is 5.69 Å². The third-order valence-corrected chi connectivity index (χ3v) is 1.86. The monoisotopic (exact) mass is 245 g/mol. The molecule has 0 aliphatic heterocycles. The smallest absolute Gasteiger partial charge is 0.385 e. The largest absolute Gasteiger partial charge is 0.416 e. The fourth-order valence-corrected chi connectivity index (χ4v) is 1.01. The molecular formula is C13H18F3N. The van der Waals surface area contributed by atoms with E-state index < -0.39 is 11.7 Å². The van der Waals surface area contributed by atoms with Crippen LogP contribution in [-0.2, 0) is 6.18 Å². The number of nitrogens with one attached hydrogen (secondary N) is 1. The molecule has 1 aromatic rings. The van der Waals surface area contributed by atoms with Crippen LogP contribution in [0.1, 0.15) is 25.8 Å². The number of halogens is 3. The number of benzene rings is 1. The highest BCUT2D eigenvalue weighted by Gasteiger charge is 2.30. The predicted molar refractivity (Wildman–Crippen MR) is 66.1 cm³/mol. The van der Waals surface area contributed by atoms with Crippen molar-refractivity contribution in [1.82, 2.24) is 0 Å². The van der Waals surface area contributed by atoms with Gasteiger partial charge in [0.05, 0.1) is 5.56 Å². The molecule has 0 saturated heterocycles. The predicted octanol–water partition coefficient (Wildman–Crippen LogP) is 4.72. The summed E-state index contributed by atoms with van der Waals surface area (Å²) in [6.07, 6.45) is -1.30. The van der Waals surface area contributed by atoms with Crippen molar-refractivity contribution in [3.63, 3.8) is 0 Å². The van der Waals surface area contributed by atoms with Crippen LogP contribution in [0.2, 0.25) is 0 Å². The number of anilines is 1. The summed E-state index contributed by atoms with van der Waals surface area (Å²) in [7, 11) is 0. The molecule has 0 aliphatic carbocycles. The molecule has 0 unspecified atom stereocenters. The van der Waals surface area contributed by atoms with Crippen LogP contribution in [0.25, 0.3) is 0 Å². The second kappa shape index (κ2) is 7.76. The number of hydrogen-bond donors (Lipinski definition) is 1. The van der Waals surface area contributed by atoms with Crippen molar-refractivity contribution in [2.75, 3.05) is 11.9 Å². The highest BCUT2D eigenvalue weighted by Crippen LogP contribution is 2.30. The first-order valence-corrected chi connectivity index (χ1v) is 5.47. The standard InChI is InChI=1S/C9H10F3N.C4H8/c1-2-13-8-5-3-4-7(6-8)9(10,11)12;1-3-4-2/h3-6,13H,2H2,1H3;3H,1,4H2,2H3. The van der Waals surface area contributed by atoms with Crippen LogP contribution in [-0.4, -0.2) is 6.54 Å². The Balaban J connectivity index is 0.000000557. The van der Waals surface area contributed by atoms with E-state index in [1.807, 2.05) is 13.0 Å². The fraction of sp³-hybridized carbons (Fsp3) is 0.385. The van der Waals surface area contributed by atoms with E-state index in [0.717, 1.165) is 18.6 Å². The van der Waals surface area contributed by atoms with Crippen LogP contribution in [0.3, 0.4) is 0 Å². The summed E-state index contributed by atoms with van der Waals surface area (Å²) in [5.41, 5.74) is -0.122. The lowest BCUT2D eigenvalue weighted by molar-refractivity contribution is -0.137. The van der Waals surface area contributed by atoms with Crippen LogP contribution in [0.15, 0.2) is 36.9 Å². The third kappa shape index (κ3) is 6.66. The van der Waals surface area contributed by atoms with Gasteiger partial charge in [0.25, 0.3) is 0 Å². The van der Waals surface area contributed by atoms with Crippen molar-refractivity contribution < 1.29 is 13.2 Å². The normalized spacial score (nSPS) is 10.2. The molecule has 0 fully saturated rings. The maximum Gasteiger partial charge on any atom is 0.416 e. The summed E-state index contributed by atoms with van der Waals surface area (Å²) in [5.74, 6) is 0. The lowest BCUT2D eigenvalue weighted by Gasteiger charge is -2.08. The first-order valence-electron chi connectivity index (χ1n) is 5.47. The van der Waals surface area contributed by atoms with Crippen LogP contribution in [0, 0.1) is 0 Å². The molecule has 1 N–H and O–H groups in total. The van der Waals surface area contributed by atoms with Crippen LogP contribution < -0.4 is 5.32 Å². The molecule has 0 bridgehead atoms. The van der Waals surface area contributed by atoms with Gasteiger partial charge < -0.3 is 5.32 Å². The Bertz CT molecular complexity index is 332. The molecule has 1 aromatic carbocycles. The lowest BCUT2D eigenvalue weighted by atomic mass is 10.2. The van der Waals surface area contributed by atoms with Gasteiger partial charge in [0.2, 0.25) is 0 Å². The molecule has 1 nitrogen and oxygen atoms in total. The van der Waals surface area contributed by atoms with Crippen LogP contribution in [0.5, 0.6) is 0 Å². The Labute approximate surface area is 100 Å². The summed E-state index contributed by atoms with van der Waals surface area (Å²) in [5, 5.41) is 2.82. The van der Waals surface area contributed by atoms with E-state index in [0.29, 0.717) is 12.2 Å². The van der Waals surface area contributed by atoms with Crippen LogP contribution >= 0.6 is 0 Å². The minimum atomic E-state index is -4.26. The molecule has 0 amide bonds. The summed E-state index contributed by atoms with van der Waals surface area (Å²) < 4.78 is 36.5. The summed E-state index contributed by atoms with van der Waals surface area (Å²) >= 11 is 0. The molecule has 17 heavy (non-hydrogen) atoms. The highest BCUT2D eigenvalue weighted by atomic mass is 19.4. The first kappa shape index (κ1) is 15.6. The van der Waals surface area contributed by atoms with E-state index in [4.69, 9.17) is 0 Å². The quantitative estimate of drug-likeness (QED) is 0.760. The zero-order valence-corrected chi connectivity index (χ0v) is 10.1. The third-order valence-electron chi connectivity index (χ3n) is 1.86. The Morgan fingerprint density at radius 1 is 1.29 bits per heavy atom. The average Bonchev–Trinajstić information content (AvgIpc) is 2.29. The van der Waals surface area contributed by atoms with Crippen LogP contribution in [0.4, 0.5) is 18.9 Å². The number of rotatable bonds is 3. The molecule has 1 rings (SSSR count). The van der Waals surface area contributed by atoms with Gasteiger partial charge in [-0.3, -0.25) is 0 Å². The van der Waals surface area contributed by atoms with Gasteiger partial charge in [0, 0.05) is 12.2 Å². The molecular weight excluding hydrogens is 227 g/mol. The zero-order chi connectivity index (χ0) is 13.3. The van der Waals surface area contributed by atoms with Gasteiger partial charge in [0.15, 0.2) is 0 Å². The SMILES string of the molecule is C=CCC.CCNc1cccc(C(F)(F)F)c1. The van der Waals surface area contributed by atoms with E-state index in [-0.39, 0.29) is 0 Å². The van der Waals surface area contributed by atoms with Gasteiger partial charge in [-0.2, -0.15) is 13.2 Å². The molecule has 0 spiro atoms. The van der Waals surface area contributed by atoms with E-state index in [9.17, 15) is 13.2 Å². The Kier molecular flexibility index (Phi) is 7.10. The van der Waals surface area contributed by atoms with Gasteiger partial charge in [-0.05, 0) is 31.5 Å². The molecule has 96 valence electrons. The Morgan fingerprint density at radius 2 is 1.88 bits per heavy atom. The summed E-state index contributed by atoms with van der Waals surface area (Å²) in [6.45, 7) is 7.99. The first-order chi connectivity index (χ1) is 7.95. The summed E-state index contributed by atoms with van der Waals surface area (Å²) in [6, 6.07) is 5.16. The summed E-state index contributed by atoms with van der Waals surface area (Å²) in [4.78, 5) is 0. The topological polar surface area (TPSA) is 12.0 Å². The zero-order valence-electron chi connectivity index (χ0n) is 10.1. The molecule has 0 heterocycles. The number of alkyl halides is 3. The van der Waals surface area contributed by atoms with Gasteiger partial charge in [-0.25, -0.2) is 0 Å². The highest BCUT2D eigenvalue weighted by molar-refractivity contribution is 5.46. The van der Waals surface area contributed by atoms with Crippen molar-refractivity contribution in [2.24, 2.45) is 0 Å². The number of allylic oxidation sites excluding steroid dienone is 1. The molecule has 0 atom stereocenters. The van der Waals surface area contributed by atoms with Gasteiger partial charge in [0.1, 0.15) is 0 Å². The van der Waals surface area contributed by atoms with Gasteiger partial charge >= 0.3 is 6.18 Å². The fourth-order valence-electron chi connectivity index (χ4n) is 1.01. The Morgan fingerprint density at radius 3 is 2.29 bits per heavy atom. The lowest BCUT2D eigenvalue weighted by Crippen LogP contribution is -2.06. The van der Waals surface area contributed by atoms with Gasteiger partial charge in [-0.15, -0.1) is 6.58 Å². The minimum absolute atomic E-state index is 0.498. The van der Waals surface area contributed by atoms with Crippen molar-refractivity contribution in [2.45, 2.75) is 26.4 Å². The molecule has 0 aromatic heterocycles. The maximum atomic E-state index is 12.2. The molecule has 4 heteroatoms. The van der Waals surface area contributed by atoms with Crippen molar-refractivity contribution in [3.05, 3.63) is 42.5 Å². The molecule has 0 aliphatic rings. The second-order valence-electron chi connectivity index (χ2n) is 3.31. The minimum Gasteiger partial charge on any atom is -0.385 e. The molecule has 0 saturated carbocycles. The van der Waals surface area contributed by atoms with E-state index in [2.05, 4.69) is 18.8 Å². The van der Waals surface area contributed by atoms with Gasteiger partial charge in [-0.1, -0.05) is 19.1 Å². The second-order valence-corrected chi connectivity index (χ2v) is 3.31. The average molecular weight is 245 g/mol. The van der Waals surface area contributed by atoms with E-state index in [1.54, 1.807) is 6.07 Å². The number of hydrogen-bond acceptors (Lipinski definition) is 1. The van der Waals surface area contributed by atoms with Crippen molar-refractivity contribution in [1.29, 1.82) is 0 Å². The molecule has 0 radical (unpaired) electrons. The maximum absolute atomic E-state index is 12.2. The van der Waals surface area contributed by atoms with Crippen molar-refractivity contribution in [3.8, 4) is 0 Å². The van der Waals surface area contributed by atoms with E-state index in [1.165, 1.54) is 6.07 Å². The van der Waals surface area contributed by atoms with E-state index >= 15 is 0 Å². The Hall–Kier alpha value is -1.45.